The van der Waals surface area contributed by atoms with Gasteiger partial charge in [-0.3, -0.25) is 9.78 Å². The van der Waals surface area contributed by atoms with Gasteiger partial charge in [-0.1, -0.05) is 32.7 Å². The van der Waals surface area contributed by atoms with Gasteiger partial charge in [0.2, 0.25) is 0 Å². The number of nitrogens with two attached hydrogens (primary N) is 1. The Morgan fingerprint density at radius 1 is 1.38 bits per heavy atom. The van der Waals surface area contributed by atoms with Crippen LogP contribution in [-0.2, 0) is 0 Å². The molecule has 0 unspecified atom stereocenters. The largest absolute Gasteiger partial charge is 0.409 e. The number of amidine groups is 1. The zero-order valence-corrected chi connectivity index (χ0v) is 12.9. The first kappa shape index (κ1) is 15.3. The number of oxime groups is 1. The highest BCUT2D eigenvalue weighted by molar-refractivity contribution is 9.10. The Labute approximate surface area is 133 Å². The number of hydrogen-bond donors (Lipinski definition) is 3. The van der Waals surface area contributed by atoms with Gasteiger partial charge in [0.15, 0.2) is 5.84 Å². The van der Waals surface area contributed by atoms with Crippen LogP contribution >= 0.6 is 27.5 Å². The molecule has 4 N–H and O–H groups in total. The van der Waals surface area contributed by atoms with E-state index in [1.165, 1.54) is 18.3 Å². The Balaban J connectivity index is 2.17. The van der Waals surface area contributed by atoms with Gasteiger partial charge in [-0.05, 0) is 30.3 Å². The van der Waals surface area contributed by atoms with Crippen molar-refractivity contribution in [1.82, 2.24) is 4.98 Å². The molecule has 0 aliphatic rings. The quantitative estimate of drug-likeness (QED) is 0.335. The van der Waals surface area contributed by atoms with E-state index in [2.05, 4.69) is 31.4 Å². The van der Waals surface area contributed by atoms with E-state index >= 15 is 0 Å². The molecule has 0 saturated carbocycles. The molecule has 0 atom stereocenters. The first-order valence-corrected chi connectivity index (χ1v) is 6.88. The molecular weight excluding hydrogens is 360 g/mol. The van der Waals surface area contributed by atoms with E-state index in [9.17, 15) is 4.79 Å². The number of hydrogen-bond acceptors (Lipinski definition) is 4. The molecular formula is C13H10BrClN4O2. The van der Waals surface area contributed by atoms with Crippen molar-refractivity contribution in [2.45, 2.75) is 0 Å². The van der Waals surface area contributed by atoms with E-state index < -0.39 is 5.91 Å². The first-order chi connectivity index (χ1) is 10.0. The van der Waals surface area contributed by atoms with Crippen molar-refractivity contribution >= 4 is 45.0 Å². The second-order valence-electron chi connectivity index (χ2n) is 4.00. The second-order valence-corrected chi connectivity index (χ2v) is 5.32. The smallest absolute Gasteiger partial charge is 0.274 e. The van der Waals surface area contributed by atoms with Gasteiger partial charge in [-0.15, -0.1) is 0 Å². The summed E-state index contributed by atoms with van der Waals surface area (Å²) in [5.41, 5.74) is 6.49. The van der Waals surface area contributed by atoms with Gasteiger partial charge < -0.3 is 16.3 Å². The summed E-state index contributed by atoms with van der Waals surface area (Å²) in [6.45, 7) is 0. The summed E-state index contributed by atoms with van der Waals surface area (Å²) in [7, 11) is 0. The number of nitrogens with zero attached hydrogens (tertiary/aromatic N) is 2. The molecule has 0 bridgehead atoms. The van der Waals surface area contributed by atoms with Crippen molar-refractivity contribution in [3.8, 4) is 0 Å². The highest BCUT2D eigenvalue weighted by atomic mass is 79.9. The number of nitrogens with one attached hydrogen (secondary N) is 1. The molecule has 0 saturated heterocycles. The molecule has 2 aromatic rings. The molecule has 108 valence electrons. The fourth-order valence-corrected chi connectivity index (χ4v) is 2.24. The fourth-order valence-electron chi connectivity index (χ4n) is 1.51. The van der Waals surface area contributed by atoms with Crippen LogP contribution in [0.5, 0.6) is 0 Å². The van der Waals surface area contributed by atoms with Crippen molar-refractivity contribution in [1.29, 1.82) is 0 Å². The maximum Gasteiger partial charge on any atom is 0.274 e. The Bertz CT molecular complexity index is 704. The Hall–Kier alpha value is -2.12. The molecule has 21 heavy (non-hydrogen) atoms. The van der Waals surface area contributed by atoms with Gasteiger partial charge in [-0.2, -0.15) is 0 Å². The average Bonchev–Trinajstić information content (AvgIpc) is 2.49. The third-order valence-corrected chi connectivity index (χ3v) is 3.38. The Morgan fingerprint density at radius 3 is 2.71 bits per heavy atom. The number of aromatic nitrogens is 1. The number of pyridine rings is 1. The third kappa shape index (κ3) is 3.71. The summed E-state index contributed by atoms with van der Waals surface area (Å²) in [4.78, 5) is 16.0. The lowest BCUT2D eigenvalue weighted by Gasteiger charge is -2.07. The zero-order valence-electron chi connectivity index (χ0n) is 10.5. The second kappa shape index (κ2) is 6.55. The highest BCUT2D eigenvalue weighted by Crippen LogP contribution is 2.25. The number of carbonyl (C=O) groups excluding carboxylic acids is 1. The van der Waals surface area contributed by atoms with Crippen LogP contribution in [0.2, 0.25) is 5.02 Å². The van der Waals surface area contributed by atoms with Gasteiger partial charge in [0.1, 0.15) is 5.69 Å². The summed E-state index contributed by atoms with van der Waals surface area (Å²) in [5, 5.41) is 14.5. The minimum atomic E-state index is -0.412. The van der Waals surface area contributed by atoms with Crippen LogP contribution in [0.15, 0.2) is 46.2 Å². The Kier molecular flexibility index (Phi) is 4.77. The lowest BCUT2D eigenvalue weighted by Crippen LogP contribution is -2.16. The SMILES string of the molecule is NC(=NO)c1ccc(C(=O)Nc2ccc(Br)cc2Cl)nc1. The molecule has 0 aliphatic carbocycles. The number of amides is 1. The Morgan fingerprint density at radius 2 is 2.14 bits per heavy atom. The third-order valence-electron chi connectivity index (χ3n) is 2.58. The first-order valence-electron chi connectivity index (χ1n) is 5.71. The molecule has 6 nitrogen and oxygen atoms in total. The van der Waals surface area contributed by atoms with Crippen LogP contribution in [0.4, 0.5) is 5.69 Å². The molecule has 0 fully saturated rings. The minimum absolute atomic E-state index is 0.0783. The van der Waals surface area contributed by atoms with Crippen LogP contribution in [0.1, 0.15) is 16.1 Å². The van der Waals surface area contributed by atoms with Crippen molar-refractivity contribution < 1.29 is 10.0 Å². The van der Waals surface area contributed by atoms with Gasteiger partial charge >= 0.3 is 0 Å². The van der Waals surface area contributed by atoms with E-state index in [4.69, 9.17) is 22.5 Å². The molecule has 8 heteroatoms. The molecule has 0 aliphatic heterocycles. The lowest BCUT2D eigenvalue weighted by molar-refractivity contribution is 0.102. The van der Waals surface area contributed by atoms with E-state index in [1.54, 1.807) is 18.2 Å². The van der Waals surface area contributed by atoms with Crippen LogP contribution in [0.3, 0.4) is 0 Å². The number of rotatable bonds is 3. The van der Waals surface area contributed by atoms with Crippen molar-refractivity contribution in [2.24, 2.45) is 10.9 Å². The molecule has 1 amide bonds. The van der Waals surface area contributed by atoms with Gasteiger partial charge in [0.25, 0.3) is 5.91 Å². The number of anilines is 1. The summed E-state index contributed by atoms with van der Waals surface area (Å²) in [5.74, 6) is -0.490. The predicted molar refractivity (Wildman–Crippen MR) is 83.9 cm³/mol. The normalized spacial score (nSPS) is 11.2. The molecule has 2 rings (SSSR count). The van der Waals surface area contributed by atoms with Crippen LogP contribution in [0, 0.1) is 0 Å². The molecule has 1 aromatic carbocycles. The van der Waals surface area contributed by atoms with Crippen LogP contribution < -0.4 is 11.1 Å². The lowest BCUT2D eigenvalue weighted by atomic mass is 10.2. The van der Waals surface area contributed by atoms with Crippen LogP contribution in [0.25, 0.3) is 0 Å². The van der Waals surface area contributed by atoms with E-state index in [-0.39, 0.29) is 11.5 Å². The minimum Gasteiger partial charge on any atom is -0.409 e. The van der Waals surface area contributed by atoms with Crippen molar-refractivity contribution in [3.63, 3.8) is 0 Å². The molecule has 0 spiro atoms. The van der Waals surface area contributed by atoms with E-state index in [0.717, 1.165) is 4.47 Å². The topological polar surface area (TPSA) is 101 Å². The van der Waals surface area contributed by atoms with Crippen molar-refractivity contribution in [3.05, 3.63) is 57.3 Å². The van der Waals surface area contributed by atoms with Crippen molar-refractivity contribution in [2.75, 3.05) is 5.32 Å². The van der Waals surface area contributed by atoms with E-state index in [1.807, 2.05) is 0 Å². The summed E-state index contributed by atoms with van der Waals surface area (Å²) in [6, 6.07) is 8.10. The highest BCUT2D eigenvalue weighted by Gasteiger charge is 2.10. The molecule has 1 aromatic heterocycles. The predicted octanol–water partition coefficient (Wildman–Crippen LogP) is 2.84. The number of halogens is 2. The van der Waals surface area contributed by atoms with Crippen LogP contribution in [-0.4, -0.2) is 21.9 Å². The number of benzene rings is 1. The maximum absolute atomic E-state index is 12.0. The summed E-state index contributed by atoms with van der Waals surface area (Å²) < 4.78 is 0.812. The van der Waals surface area contributed by atoms with E-state index in [0.29, 0.717) is 16.3 Å². The van der Waals surface area contributed by atoms with Gasteiger partial charge in [0, 0.05) is 16.2 Å². The fraction of sp³-hybridized carbons (Fsp3) is 0. The van der Waals surface area contributed by atoms with Gasteiger partial charge in [-0.25, -0.2) is 0 Å². The summed E-state index contributed by atoms with van der Waals surface area (Å²) >= 11 is 9.30. The number of carbonyl (C=O) groups is 1. The standard InChI is InChI=1S/C13H10BrClN4O2/c14-8-2-4-10(9(15)5-8)18-13(20)11-3-1-7(6-17-11)12(16)19-21/h1-6,21H,(H2,16,19)(H,18,20). The maximum atomic E-state index is 12.0. The monoisotopic (exact) mass is 368 g/mol. The molecule has 1 heterocycles. The van der Waals surface area contributed by atoms with Gasteiger partial charge in [0.05, 0.1) is 10.7 Å². The molecule has 0 radical (unpaired) electrons. The summed E-state index contributed by atoms with van der Waals surface area (Å²) in [6.07, 6.45) is 1.34. The zero-order chi connectivity index (χ0) is 15.4. The average molecular weight is 370 g/mol.